The Morgan fingerprint density at radius 3 is 1.88 bits per heavy atom. The molecule has 0 heterocycles. The Balaban J connectivity index is 1.81. The third-order valence-corrected chi connectivity index (χ3v) is 8.64. The molecule has 0 spiro atoms. The van der Waals surface area contributed by atoms with E-state index in [0.717, 1.165) is 15.4 Å². The molecular formula is C34H37N3O5S. The lowest BCUT2D eigenvalue weighted by atomic mass is 10.0. The van der Waals surface area contributed by atoms with Gasteiger partial charge >= 0.3 is 0 Å². The number of para-hydroxylation sites is 2. The lowest BCUT2D eigenvalue weighted by Gasteiger charge is -2.34. The third-order valence-electron chi connectivity index (χ3n) is 6.86. The molecule has 0 aromatic heterocycles. The molecule has 0 unspecified atom stereocenters. The summed E-state index contributed by atoms with van der Waals surface area (Å²) in [6, 6.07) is 32.3. The second kappa shape index (κ2) is 14.5. The smallest absolute Gasteiger partial charge is 0.264 e. The minimum absolute atomic E-state index is 0.0294. The van der Waals surface area contributed by atoms with Crippen LogP contribution in [0.2, 0.25) is 0 Å². The predicted molar refractivity (Wildman–Crippen MR) is 168 cm³/mol. The van der Waals surface area contributed by atoms with E-state index in [1.165, 1.54) is 24.1 Å². The number of nitrogens with one attached hydrogen (secondary N) is 1. The number of ether oxygens (including phenoxy) is 1. The molecule has 4 rings (SSSR count). The lowest BCUT2D eigenvalue weighted by molar-refractivity contribution is -0.140. The van der Waals surface area contributed by atoms with Gasteiger partial charge < -0.3 is 15.0 Å². The van der Waals surface area contributed by atoms with E-state index in [2.05, 4.69) is 5.32 Å². The molecule has 1 N–H and O–H groups in total. The minimum atomic E-state index is -4.21. The van der Waals surface area contributed by atoms with E-state index in [1.54, 1.807) is 42.5 Å². The van der Waals surface area contributed by atoms with E-state index in [0.29, 0.717) is 5.75 Å². The topological polar surface area (TPSA) is 96.0 Å². The van der Waals surface area contributed by atoms with Crippen molar-refractivity contribution in [3.63, 3.8) is 0 Å². The molecule has 0 aliphatic rings. The van der Waals surface area contributed by atoms with E-state index < -0.39 is 28.5 Å². The summed E-state index contributed by atoms with van der Waals surface area (Å²) in [5.74, 6) is -0.560. The molecule has 4 aromatic carbocycles. The fourth-order valence-corrected chi connectivity index (χ4v) is 6.23. The van der Waals surface area contributed by atoms with Crippen LogP contribution in [0.4, 0.5) is 5.69 Å². The number of methoxy groups -OCH3 is 1. The first-order valence-corrected chi connectivity index (χ1v) is 15.5. The third kappa shape index (κ3) is 8.02. The summed E-state index contributed by atoms with van der Waals surface area (Å²) in [4.78, 5) is 29.6. The molecule has 1 atom stereocenters. The van der Waals surface area contributed by atoms with Crippen molar-refractivity contribution in [2.75, 3.05) is 18.0 Å². The van der Waals surface area contributed by atoms with Gasteiger partial charge in [-0.1, -0.05) is 91.0 Å². The molecule has 224 valence electrons. The number of benzene rings is 4. The maximum absolute atomic E-state index is 14.4. The van der Waals surface area contributed by atoms with Crippen molar-refractivity contribution >= 4 is 27.5 Å². The van der Waals surface area contributed by atoms with E-state index in [9.17, 15) is 18.0 Å². The number of sulfonamides is 1. The average Bonchev–Trinajstić information content (AvgIpc) is 3.02. The Morgan fingerprint density at radius 2 is 1.30 bits per heavy atom. The molecule has 9 heteroatoms. The van der Waals surface area contributed by atoms with Crippen molar-refractivity contribution in [1.29, 1.82) is 0 Å². The molecule has 0 aliphatic heterocycles. The van der Waals surface area contributed by atoms with Gasteiger partial charge in [0.15, 0.2) is 0 Å². The van der Waals surface area contributed by atoms with Crippen LogP contribution >= 0.6 is 0 Å². The Morgan fingerprint density at radius 1 is 0.767 bits per heavy atom. The van der Waals surface area contributed by atoms with Crippen LogP contribution in [-0.4, -0.2) is 50.9 Å². The quantitative estimate of drug-likeness (QED) is 0.232. The van der Waals surface area contributed by atoms with Crippen molar-refractivity contribution in [2.45, 2.75) is 43.8 Å². The highest BCUT2D eigenvalue weighted by molar-refractivity contribution is 7.92. The maximum atomic E-state index is 14.4. The molecule has 0 aliphatic carbocycles. The SMILES string of the molecule is COc1ccccc1N(CC(=O)N(Cc1ccccc1)[C@@H](Cc1ccccc1)C(=O)NC(C)C)S(=O)(=O)c1ccccc1. The summed E-state index contributed by atoms with van der Waals surface area (Å²) in [6.45, 7) is 3.27. The van der Waals surface area contributed by atoms with Crippen molar-refractivity contribution in [3.05, 3.63) is 126 Å². The van der Waals surface area contributed by atoms with Crippen LogP contribution in [-0.2, 0) is 32.6 Å². The number of nitrogens with zero attached hydrogens (tertiary/aromatic N) is 2. The Bertz CT molecular complexity index is 1600. The molecule has 4 aromatic rings. The highest BCUT2D eigenvalue weighted by atomic mass is 32.2. The van der Waals surface area contributed by atoms with E-state index in [-0.39, 0.29) is 35.5 Å². The standard InChI is InChI=1S/C34H37N3O5S/c1-26(2)35-34(39)31(23-27-15-7-4-8-16-27)36(24-28-17-9-5-10-18-28)33(38)25-37(30-21-13-14-22-32(30)42-3)43(40,41)29-19-11-6-12-20-29/h4-22,26,31H,23-25H2,1-3H3,(H,35,39)/t31-/m0/s1. The summed E-state index contributed by atoms with van der Waals surface area (Å²) >= 11 is 0. The van der Waals surface area contributed by atoms with Gasteiger partial charge in [-0.3, -0.25) is 13.9 Å². The largest absolute Gasteiger partial charge is 0.495 e. The second-order valence-electron chi connectivity index (χ2n) is 10.4. The predicted octanol–water partition coefficient (Wildman–Crippen LogP) is 5.06. The van der Waals surface area contributed by atoms with Crippen LogP contribution < -0.4 is 14.4 Å². The summed E-state index contributed by atoms with van der Waals surface area (Å²) in [6.07, 6.45) is 0.248. The van der Waals surface area contributed by atoms with Crippen LogP contribution in [0.25, 0.3) is 0 Å². The van der Waals surface area contributed by atoms with E-state index in [1.807, 2.05) is 74.5 Å². The van der Waals surface area contributed by atoms with Gasteiger partial charge in [0.1, 0.15) is 18.3 Å². The Kier molecular flexibility index (Phi) is 10.6. The first-order chi connectivity index (χ1) is 20.7. The highest BCUT2D eigenvalue weighted by Gasteiger charge is 2.35. The number of carbonyl (C=O) groups excluding carboxylic acids is 2. The molecule has 0 fully saturated rings. The van der Waals surface area contributed by atoms with Gasteiger partial charge in [0.05, 0.1) is 17.7 Å². The lowest BCUT2D eigenvalue weighted by Crippen LogP contribution is -2.54. The zero-order valence-corrected chi connectivity index (χ0v) is 25.4. The number of rotatable bonds is 13. The van der Waals surface area contributed by atoms with Gasteiger partial charge in [0, 0.05) is 19.0 Å². The van der Waals surface area contributed by atoms with Crippen LogP contribution in [0, 0.1) is 0 Å². The van der Waals surface area contributed by atoms with E-state index in [4.69, 9.17) is 4.74 Å². The van der Waals surface area contributed by atoms with Gasteiger partial charge in [-0.05, 0) is 49.2 Å². The van der Waals surface area contributed by atoms with Gasteiger partial charge in [0.2, 0.25) is 11.8 Å². The highest BCUT2D eigenvalue weighted by Crippen LogP contribution is 2.32. The monoisotopic (exact) mass is 599 g/mol. The fourth-order valence-electron chi connectivity index (χ4n) is 4.78. The Labute approximate surface area is 254 Å². The van der Waals surface area contributed by atoms with Crippen LogP contribution in [0.3, 0.4) is 0 Å². The minimum Gasteiger partial charge on any atom is -0.495 e. The van der Waals surface area contributed by atoms with Crippen molar-refractivity contribution in [1.82, 2.24) is 10.2 Å². The van der Waals surface area contributed by atoms with Crippen molar-refractivity contribution in [3.8, 4) is 5.75 Å². The normalized spacial score (nSPS) is 11.9. The van der Waals surface area contributed by atoms with Crippen LogP contribution in [0.5, 0.6) is 5.75 Å². The van der Waals surface area contributed by atoms with Crippen molar-refractivity contribution < 1.29 is 22.7 Å². The summed E-state index contributed by atoms with van der Waals surface area (Å²) < 4.78 is 34.7. The molecule has 0 saturated carbocycles. The Hall–Kier alpha value is -4.63. The van der Waals surface area contributed by atoms with Crippen LogP contribution in [0.1, 0.15) is 25.0 Å². The zero-order chi connectivity index (χ0) is 30.8. The molecule has 0 bridgehead atoms. The van der Waals surface area contributed by atoms with Gasteiger partial charge in [-0.15, -0.1) is 0 Å². The molecule has 2 amide bonds. The number of carbonyl (C=O) groups is 2. The van der Waals surface area contributed by atoms with Gasteiger partial charge in [-0.25, -0.2) is 8.42 Å². The molecule has 0 saturated heterocycles. The first kappa shape index (κ1) is 31.3. The van der Waals surface area contributed by atoms with E-state index >= 15 is 0 Å². The zero-order valence-electron chi connectivity index (χ0n) is 24.6. The summed E-state index contributed by atoms with van der Waals surface area (Å²) in [5.41, 5.74) is 1.89. The molecule has 8 nitrogen and oxygen atoms in total. The molecule has 0 radical (unpaired) electrons. The second-order valence-corrected chi connectivity index (χ2v) is 12.2. The molecular weight excluding hydrogens is 562 g/mol. The first-order valence-electron chi connectivity index (χ1n) is 14.1. The number of anilines is 1. The van der Waals surface area contributed by atoms with Crippen LogP contribution in [0.15, 0.2) is 120 Å². The number of hydrogen-bond acceptors (Lipinski definition) is 5. The maximum Gasteiger partial charge on any atom is 0.264 e. The fraction of sp³-hybridized carbons (Fsp3) is 0.235. The molecule has 43 heavy (non-hydrogen) atoms. The average molecular weight is 600 g/mol. The number of amides is 2. The number of hydrogen-bond donors (Lipinski definition) is 1. The van der Waals surface area contributed by atoms with Gasteiger partial charge in [0.25, 0.3) is 10.0 Å². The summed E-state index contributed by atoms with van der Waals surface area (Å²) in [7, 11) is -2.76. The summed E-state index contributed by atoms with van der Waals surface area (Å²) in [5, 5.41) is 2.96. The van der Waals surface area contributed by atoms with Crippen molar-refractivity contribution in [2.24, 2.45) is 0 Å². The van der Waals surface area contributed by atoms with Gasteiger partial charge in [-0.2, -0.15) is 0 Å².